The predicted octanol–water partition coefficient (Wildman–Crippen LogP) is 4.04. The van der Waals surface area contributed by atoms with E-state index in [9.17, 15) is 10.1 Å². The molecular weight excluding hydrogens is 266 g/mol. The number of nitrogens with one attached hydrogen (secondary N) is 1. The third-order valence-electron chi connectivity index (χ3n) is 4.51. The van der Waals surface area contributed by atoms with Crippen LogP contribution in [0.15, 0.2) is 18.2 Å². The van der Waals surface area contributed by atoms with Crippen LogP contribution in [0.4, 0.5) is 17.1 Å². The molecule has 1 aliphatic rings. The molecule has 1 saturated carbocycles. The Hall–Kier alpha value is -1.78. The zero-order valence-electron chi connectivity index (χ0n) is 13.1. The van der Waals surface area contributed by atoms with Gasteiger partial charge in [-0.1, -0.05) is 25.8 Å². The first-order valence-corrected chi connectivity index (χ1v) is 7.80. The Labute approximate surface area is 126 Å². The lowest BCUT2D eigenvalue weighted by Crippen LogP contribution is -2.39. The van der Waals surface area contributed by atoms with Gasteiger partial charge in [-0.2, -0.15) is 0 Å². The molecule has 0 heterocycles. The van der Waals surface area contributed by atoms with Gasteiger partial charge in [0, 0.05) is 19.6 Å². The second-order valence-electron chi connectivity index (χ2n) is 5.90. The summed E-state index contributed by atoms with van der Waals surface area (Å²) in [4.78, 5) is 13.4. The number of nitrogens with zero attached hydrogens (tertiary/aromatic N) is 2. The highest BCUT2D eigenvalue weighted by Gasteiger charge is 2.30. The molecule has 0 bridgehead atoms. The maximum absolute atomic E-state index is 11.5. The third-order valence-corrected chi connectivity index (χ3v) is 4.51. The second kappa shape index (κ2) is 6.78. The molecule has 1 aliphatic carbocycles. The van der Waals surface area contributed by atoms with Gasteiger partial charge in [0.05, 0.1) is 4.92 Å². The number of para-hydroxylation sites is 1. The molecule has 0 spiro atoms. The molecule has 1 aromatic rings. The Balaban J connectivity index is 2.37. The van der Waals surface area contributed by atoms with Crippen molar-refractivity contribution >= 4 is 17.1 Å². The maximum Gasteiger partial charge on any atom is 0.315 e. The summed E-state index contributed by atoms with van der Waals surface area (Å²) in [6, 6.07) is 5.92. The quantitative estimate of drug-likeness (QED) is 0.657. The molecule has 0 radical (unpaired) electrons. The van der Waals surface area contributed by atoms with Crippen molar-refractivity contribution in [1.29, 1.82) is 0 Å². The van der Waals surface area contributed by atoms with E-state index in [1.54, 1.807) is 6.07 Å². The van der Waals surface area contributed by atoms with E-state index in [2.05, 4.69) is 17.1 Å². The van der Waals surface area contributed by atoms with Crippen molar-refractivity contribution in [3.05, 3.63) is 28.3 Å². The van der Waals surface area contributed by atoms with Crippen molar-refractivity contribution in [3.8, 4) is 0 Å². The maximum atomic E-state index is 11.5. The van der Waals surface area contributed by atoms with Gasteiger partial charge in [0.25, 0.3) is 0 Å². The number of rotatable bonds is 5. The van der Waals surface area contributed by atoms with Crippen LogP contribution in [0.1, 0.15) is 39.5 Å². The van der Waals surface area contributed by atoms with Gasteiger partial charge in [0.15, 0.2) is 0 Å². The van der Waals surface area contributed by atoms with Gasteiger partial charge >= 0.3 is 5.69 Å². The van der Waals surface area contributed by atoms with E-state index >= 15 is 0 Å². The average Bonchev–Trinajstić information content (AvgIpc) is 2.47. The van der Waals surface area contributed by atoms with Crippen molar-refractivity contribution in [1.82, 2.24) is 0 Å². The lowest BCUT2D eigenvalue weighted by Gasteiger charge is -2.37. The van der Waals surface area contributed by atoms with Gasteiger partial charge in [-0.05, 0) is 37.8 Å². The lowest BCUT2D eigenvalue weighted by atomic mass is 9.85. The van der Waals surface area contributed by atoms with E-state index in [1.165, 1.54) is 19.3 Å². The van der Waals surface area contributed by atoms with Crippen molar-refractivity contribution in [3.63, 3.8) is 0 Å². The Morgan fingerprint density at radius 1 is 1.38 bits per heavy atom. The van der Waals surface area contributed by atoms with E-state index < -0.39 is 0 Å². The minimum absolute atomic E-state index is 0.194. The Morgan fingerprint density at radius 2 is 2.10 bits per heavy atom. The summed E-state index contributed by atoms with van der Waals surface area (Å²) in [6.45, 7) is 4.87. The fraction of sp³-hybridized carbons (Fsp3) is 0.625. The first-order chi connectivity index (χ1) is 10.1. The van der Waals surface area contributed by atoms with Crippen LogP contribution in [0.2, 0.25) is 0 Å². The monoisotopic (exact) mass is 291 g/mol. The third kappa shape index (κ3) is 3.28. The van der Waals surface area contributed by atoms with Gasteiger partial charge in [-0.15, -0.1) is 0 Å². The molecule has 1 N–H and O–H groups in total. The van der Waals surface area contributed by atoms with Crippen LogP contribution in [0, 0.1) is 16.0 Å². The zero-order chi connectivity index (χ0) is 15.4. The van der Waals surface area contributed by atoms with Gasteiger partial charge in [-0.3, -0.25) is 10.1 Å². The molecule has 2 rings (SSSR count). The van der Waals surface area contributed by atoms with Crippen LogP contribution in [0.5, 0.6) is 0 Å². The highest BCUT2D eigenvalue weighted by Crippen LogP contribution is 2.38. The van der Waals surface area contributed by atoms with Gasteiger partial charge < -0.3 is 10.2 Å². The van der Waals surface area contributed by atoms with E-state index in [1.807, 2.05) is 26.1 Å². The molecule has 1 aromatic carbocycles. The molecule has 2 unspecified atom stereocenters. The standard InChI is InChI=1S/C16H25N3O2/c1-4-17-13-9-7-11-15(16(13)19(20)21)18(3)14-10-6-5-8-12(14)2/h7,9,11-12,14,17H,4-6,8,10H2,1-3H3. The van der Waals surface area contributed by atoms with Gasteiger partial charge in [0.2, 0.25) is 0 Å². The van der Waals surface area contributed by atoms with Crippen molar-refractivity contribution in [2.75, 3.05) is 23.8 Å². The number of hydrogen-bond acceptors (Lipinski definition) is 4. The summed E-state index contributed by atoms with van der Waals surface area (Å²) in [6.07, 6.45) is 4.79. The smallest absolute Gasteiger partial charge is 0.315 e. The highest BCUT2D eigenvalue weighted by atomic mass is 16.6. The van der Waals surface area contributed by atoms with Crippen LogP contribution < -0.4 is 10.2 Å². The number of nitro benzene ring substituents is 1. The number of hydrogen-bond donors (Lipinski definition) is 1. The van der Waals surface area contributed by atoms with Crippen LogP contribution in [-0.4, -0.2) is 24.6 Å². The fourth-order valence-electron chi connectivity index (χ4n) is 3.39. The van der Waals surface area contributed by atoms with Crippen molar-refractivity contribution < 1.29 is 4.92 Å². The second-order valence-corrected chi connectivity index (χ2v) is 5.90. The summed E-state index contributed by atoms with van der Waals surface area (Å²) in [5.74, 6) is 0.575. The molecule has 116 valence electrons. The van der Waals surface area contributed by atoms with E-state index in [0.717, 1.165) is 12.1 Å². The summed E-state index contributed by atoms with van der Waals surface area (Å²) in [5, 5.41) is 14.6. The Bertz CT molecular complexity index is 504. The van der Waals surface area contributed by atoms with Crippen LogP contribution >= 0.6 is 0 Å². The van der Waals surface area contributed by atoms with E-state index in [4.69, 9.17) is 0 Å². The summed E-state index contributed by atoms with van der Waals surface area (Å²) in [7, 11) is 1.99. The fourth-order valence-corrected chi connectivity index (χ4v) is 3.39. The van der Waals surface area contributed by atoms with Crippen molar-refractivity contribution in [2.45, 2.75) is 45.6 Å². The molecule has 2 atom stereocenters. The molecule has 21 heavy (non-hydrogen) atoms. The number of anilines is 2. The van der Waals surface area contributed by atoms with Crippen LogP contribution in [0.3, 0.4) is 0 Å². The molecule has 0 amide bonds. The largest absolute Gasteiger partial charge is 0.380 e. The number of nitro groups is 1. The molecule has 0 aromatic heterocycles. The van der Waals surface area contributed by atoms with E-state index in [0.29, 0.717) is 24.2 Å². The SMILES string of the molecule is CCNc1cccc(N(C)C2CCCCC2C)c1[N+](=O)[O-]. The Morgan fingerprint density at radius 3 is 2.71 bits per heavy atom. The first-order valence-electron chi connectivity index (χ1n) is 7.80. The summed E-state index contributed by atoms with van der Waals surface area (Å²) < 4.78 is 0. The normalized spacial score (nSPS) is 21.9. The molecule has 0 saturated heterocycles. The van der Waals surface area contributed by atoms with Crippen LogP contribution in [0.25, 0.3) is 0 Å². The number of benzene rings is 1. The minimum atomic E-state index is -0.267. The predicted molar refractivity (Wildman–Crippen MR) is 87.1 cm³/mol. The minimum Gasteiger partial charge on any atom is -0.380 e. The van der Waals surface area contributed by atoms with Crippen molar-refractivity contribution in [2.24, 2.45) is 5.92 Å². The average molecular weight is 291 g/mol. The molecule has 0 aliphatic heterocycles. The lowest BCUT2D eigenvalue weighted by molar-refractivity contribution is -0.383. The first kappa shape index (κ1) is 15.6. The van der Waals surface area contributed by atoms with Gasteiger partial charge in [0.1, 0.15) is 11.4 Å². The molecule has 5 heteroatoms. The molecule has 1 fully saturated rings. The topological polar surface area (TPSA) is 58.4 Å². The zero-order valence-corrected chi connectivity index (χ0v) is 13.1. The van der Waals surface area contributed by atoms with Gasteiger partial charge in [-0.25, -0.2) is 0 Å². The highest BCUT2D eigenvalue weighted by molar-refractivity contribution is 5.77. The van der Waals surface area contributed by atoms with Crippen LogP contribution in [-0.2, 0) is 0 Å². The van der Waals surface area contributed by atoms with E-state index in [-0.39, 0.29) is 10.6 Å². The summed E-state index contributed by atoms with van der Waals surface area (Å²) in [5.41, 5.74) is 1.52. The molecular formula is C16H25N3O2. The molecule has 5 nitrogen and oxygen atoms in total. The summed E-state index contributed by atoms with van der Waals surface area (Å²) >= 11 is 0. The Kier molecular flexibility index (Phi) is 5.04.